The van der Waals surface area contributed by atoms with Crippen LogP contribution in [0.1, 0.15) is 88.0 Å². The molecule has 1 amide bonds. The van der Waals surface area contributed by atoms with Gasteiger partial charge in [-0.05, 0) is 74.6 Å². The van der Waals surface area contributed by atoms with Gasteiger partial charge in [-0.3, -0.25) is 4.79 Å². The fourth-order valence-electron chi connectivity index (χ4n) is 6.24. The number of carbonyl (C=O) groups excluding carboxylic acids is 1. The van der Waals surface area contributed by atoms with Gasteiger partial charge in [-0.2, -0.15) is 0 Å². The summed E-state index contributed by atoms with van der Waals surface area (Å²) in [7, 11) is -0.0173. The molecule has 38 heavy (non-hydrogen) atoms. The first-order valence-corrected chi connectivity index (χ1v) is 17.5. The van der Waals surface area contributed by atoms with Gasteiger partial charge in [-0.25, -0.2) is 0 Å². The Labute approximate surface area is 234 Å². The first-order valence-electron chi connectivity index (χ1n) is 15.0. The van der Waals surface area contributed by atoms with Crippen molar-refractivity contribution in [3.8, 4) is 0 Å². The van der Waals surface area contributed by atoms with E-state index in [-0.39, 0.29) is 48.6 Å². The van der Waals surface area contributed by atoms with Crippen LogP contribution in [0.2, 0.25) is 18.1 Å². The van der Waals surface area contributed by atoms with E-state index in [0.29, 0.717) is 11.8 Å². The van der Waals surface area contributed by atoms with Crippen molar-refractivity contribution < 1.29 is 23.8 Å². The molecule has 1 aliphatic heterocycles. The number of primary amides is 1. The monoisotopic (exact) mass is 553 g/mol. The van der Waals surface area contributed by atoms with E-state index in [1.165, 1.54) is 5.57 Å². The Hall–Kier alpha value is -0.993. The zero-order valence-corrected chi connectivity index (χ0v) is 27.0. The molecular formula is C31H59NO5Si. The molecule has 0 aromatic heterocycles. The molecule has 0 radical (unpaired) electrons. The maximum atomic E-state index is 11.3. The molecule has 0 aromatic rings. The molecule has 1 aliphatic rings. The predicted molar refractivity (Wildman–Crippen MR) is 160 cm³/mol. The van der Waals surface area contributed by atoms with E-state index in [9.17, 15) is 9.90 Å². The van der Waals surface area contributed by atoms with Gasteiger partial charge >= 0.3 is 0 Å². The van der Waals surface area contributed by atoms with Gasteiger partial charge in [0.2, 0.25) is 5.91 Å². The molecule has 0 aromatic carbocycles. The highest BCUT2D eigenvalue weighted by molar-refractivity contribution is 6.73. The summed E-state index contributed by atoms with van der Waals surface area (Å²) in [5.74, 6) is 0.525. The number of methoxy groups -OCH3 is 1. The molecule has 1 fully saturated rings. The van der Waals surface area contributed by atoms with Gasteiger partial charge in [0.1, 0.15) is 0 Å². The van der Waals surface area contributed by atoms with Crippen LogP contribution in [0, 0.1) is 23.7 Å². The van der Waals surface area contributed by atoms with E-state index in [1.54, 1.807) is 7.11 Å². The molecule has 7 heteroatoms. The third-order valence-corrected chi connectivity index (χ3v) is 13.7. The average molecular weight is 554 g/mol. The number of allylic oxidation sites excluding steroid dienone is 3. The Morgan fingerprint density at radius 3 is 2.26 bits per heavy atom. The van der Waals surface area contributed by atoms with Crippen LogP contribution in [0.5, 0.6) is 0 Å². The Morgan fingerprint density at radius 2 is 1.74 bits per heavy atom. The Bertz CT molecular complexity index is 744. The van der Waals surface area contributed by atoms with E-state index in [4.69, 9.17) is 19.6 Å². The number of aliphatic hydroxyl groups excluding tert-OH is 1. The SMILES string of the molecule is CC[Si](CC)(CC)OC(C)[C@H](OC)[C@@H](C)[C@@H](O)C(C)C[C@H](C)/C=C/C=C(\C)[C@H]1O[C@@H](CC(N)=O)CC[C@@H]1C. The van der Waals surface area contributed by atoms with Gasteiger partial charge in [0, 0.05) is 13.0 Å². The summed E-state index contributed by atoms with van der Waals surface area (Å²) in [5, 5.41) is 11.2. The van der Waals surface area contributed by atoms with Crippen LogP contribution in [0.15, 0.2) is 23.8 Å². The summed E-state index contributed by atoms with van der Waals surface area (Å²) in [4.78, 5) is 11.3. The fraction of sp³-hybridized carbons (Fsp3) is 0.839. The van der Waals surface area contributed by atoms with Crippen molar-refractivity contribution >= 4 is 14.2 Å². The Morgan fingerprint density at radius 1 is 1.13 bits per heavy atom. The van der Waals surface area contributed by atoms with Gasteiger partial charge in [-0.1, -0.05) is 66.7 Å². The summed E-state index contributed by atoms with van der Waals surface area (Å²) >= 11 is 0. The summed E-state index contributed by atoms with van der Waals surface area (Å²) in [6, 6.07) is 3.31. The second kappa shape index (κ2) is 17.0. The van der Waals surface area contributed by atoms with E-state index < -0.39 is 14.4 Å². The van der Waals surface area contributed by atoms with Crippen LogP contribution in [-0.2, 0) is 18.7 Å². The number of nitrogens with two attached hydrogens (primary N) is 1. The average Bonchev–Trinajstić information content (AvgIpc) is 2.87. The fourth-order valence-corrected chi connectivity index (χ4v) is 9.17. The van der Waals surface area contributed by atoms with E-state index in [0.717, 1.165) is 37.4 Å². The van der Waals surface area contributed by atoms with Crippen molar-refractivity contribution in [1.82, 2.24) is 0 Å². The van der Waals surface area contributed by atoms with Gasteiger partial charge < -0.3 is 24.7 Å². The summed E-state index contributed by atoms with van der Waals surface area (Å²) < 4.78 is 18.8. The molecule has 6 nitrogen and oxygen atoms in total. The van der Waals surface area contributed by atoms with Crippen LogP contribution < -0.4 is 5.73 Å². The van der Waals surface area contributed by atoms with E-state index in [1.807, 2.05) is 0 Å². The zero-order chi connectivity index (χ0) is 29.0. The first-order chi connectivity index (χ1) is 17.8. The van der Waals surface area contributed by atoms with Crippen LogP contribution >= 0.6 is 0 Å². The summed E-state index contributed by atoms with van der Waals surface area (Å²) in [6.45, 7) is 19.5. The molecule has 1 saturated heterocycles. The number of amides is 1. The highest BCUT2D eigenvalue weighted by Gasteiger charge is 2.38. The number of carbonyl (C=O) groups is 1. The highest BCUT2D eigenvalue weighted by atomic mass is 28.4. The van der Waals surface area contributed by atoms with Gasteiger partial charge in [-0.15, -0.1) is 0 Å². The molecule has 1 heterocycles. The number of ether oxygens (including phenoxy) is 2. The standard InChI is InChI=1S/C31H59NO5Si/c1-11-38(12-2,13-3)37-26(9)31(35-10)25(8)29(34)24(7)19-21(4)15-14-16-22(5)30-23(6)17-18-27(36-30)20-28(32)33/h14-16,21,23-27,29-31,34H,11-13,17-20H2,1-10H3,(H2,32,33)/b15-14+,22-16+/t21-,23+,24?,25+,26?,27-,29+,30-,31-/m1/s1. The molecule has 0 aliphatic carbocycles. The Kier molecular flexibility index (Phi) is 15.6. The summed E-state index contributed by atoms with van der Waals surface area (Å²) in [5.41, 5.74) is 6.55. The molecule has 0 spiro atoms. The van der Waals surface area contributed by atoms with Crippen molar-refractivity contribution in [3.63, 3.8) is 0 Å². The van der Waals surface area contributed by atoms with Crippen molar-refractivity contribution in [2.45, 2.75) is 137 Å². The molecule has 0 bridgehead atoms. The second-order valence-corrected chi connectivity index (χ2v) is 16.7. The maximum Gasteiger partial charge on any atom is 0.220 e. The molecule has 2 unspecified atom stereocenters. The molecule has 3 N–H and O–H groups in total. The maximum absolute atomic E-state index is 11.3. The molecular weight excluding hydrogens is 494 g/mol. The Balaban J connectivity index is 2.73. The lowest BCUT2D eigenvalue weighted by Crippen LogP contribution is -2.48. The summed E-state index contributed by atoms with van der Waals surface area (Å²) in [6.07, 6.45) is 8.79. The minimum atomic E-state index is -1.75. The smallest absolute Gasteiger partial charge is 0.220 e. The van der Waals surface area contributed by atoms with Gasteiger partial charge in [0.25, 0.3) is 0 Å². The van der Waals surface area contributed by atoms with Crippen LogP contribution in [-0.4, -0.2) is 57.0 Å². The second-order valence-electron chi connectivity index (χ2n) is 12.0. The molecule has 1 rings (SSSR count). The number of hydrogen-bond donors (Lipinski definition) is 2. The van der Waals surface area contributed by atoms with Gasteiger partial charge in [0.15, 0.2) is 8.32 Å². The molecule has 0 saturated carbocycles. The quantitative estimate of drug-likeness (QED) is 0.156. The van der Waals surface area contributed by atoms with Crippen LogP contribution in [0.4, 0.5) is 0 Å². The van der Waals surface area contributed by atoms with E-state index >= 15 is 0 Å². The highest BCUT2D eigenvalue weighted by Crippen LogP contribution is 2.32. The molecule has 222 valence electrons. The van der Waals surface area contributed by atoms with Gasteiger partial charge in [0.05, 0.1) is 36.9 Å². The third-order valence-electron chi connectivity index (χ3n) is 8.96. The van der Waals surface area contributed by atoms with Crippen molar-refractivity contribution in [2.75, 3.05) is 7.11 Å². The first kappa shape index (κ1) is 35.0. The van der Waals surface area contributed by atoms with Crippen LogP contribution in [0.3, 0.4) is 0 Å². The predicted octanol–water partition coefficient (Wildman–Crippen LogP) is 6.63. The van der Waals surface area contributed by atoms with Crippen molar-refractivity contribution in [2.24, 2.45) is 29.4 Å². The van der Waals surface area contributed by atoms with Crippen molar-refractivity contribution in [3.05, 3.63) is 23.8 Å². The lowest BCUT2D eigenvalue weighted by Gasteiger charge is -2.39. The zero-order valence-electron chi connectivity index (χ0n) is 26.0. The number of rotatable bonds is 17. The molecule has 9 atom stereocenters. The topological polar surface area (TPSA) is 91.0 Å². The third kappa shape index (κ3) is 10.5. The minimum Gasteiger partial charge on any atom is -0.412 e. The normalized spacial score (nSPS) is 26.1. The number of hydrogen-bond acceptors (Lipinski definition) is 5. The minimum absolute atomic E-state index is 0.0137. The largest absolute Gasteiger partial charge is 0.412 e. The number of aliphatic hydroxyl groups is 1. The lowest BCUT2D eigenvalue weighted by molar-refractivity contribution is -0.125. The lowest BCUT2D eigenvalue weighted by atomic mass is 9.83. The van der Waals surface area contributed by atoms with Crippen LogP contribution in [0.25, 0.3) is 0 Å². The van der Waals surface area contributed by atoms with E-state index in [2.05, 4.69) is 80.5 Å². The van der Waals surface area contributed by atoms with Crippen molar-refractivity contribution in [1.29, 1.82) is 0 Å².